The molecule has 8 nitrogen and oxygen atoms in total. The van der Waals surface area contributed by atoms with Crippen molar-refractivity contribution >= 4 is 41.7 Å². The van der Waals surface area contributed by atoms with E-state index in [4.69, 9.17) is 9.73 Å². The number of aryl methyl sites for hydroxylation is 1. The second kappa shape index (κ2) is 13.9. The number of carbonyl (C=O) groups excluding carboxylic acids is 1. The number of hydrogen-bond donors (Lipinski definition) is 3. The van der Waals surface area contributed by atoms with Gasteiger partial charge in [-0.25, -0.2) is 4.98 Å². The molecule has 3 N–H and O–H groups in total. The number of carbonyl (C=O) groups is 1. The zero-order valence-electron chi connectivity index (χ0n) is 19.5. The Labute approximate surface area is 209 Å². The van der Waals surface area contributed by atoms with Crippen molar-refractivity contribution in [2.75, 3.05) is 51.3 Å². The van der Waals surface area contributed by atoms with Gasteiger partial charge in [0.2, 0.25) is 5.91 Å². The average Bonchev–Trinajstić information content (AvgIpc) is 2.79. The molecule has 1 saturated heterocycles. The van der Waals surface area contributed by atoms with Crippen LogP contribution in [0.2, 0.25) is 0 Å². The molecule has 1 aliphatic carbocycles. The third kappa shape index (κ3) is 8.15. The largest absolute Gasteiger partial charge is 0.379 e. The molecule has 0 atom stereocenters. The van der Waals surface area contributed by atoms with Crippen molar-refractivity contribution in [2.24, 2.45) is 4.99 Å². The molecule has 2 fully saturated rings. The first-order valence-electron chi connectivity index (χ1n) is 11.7. The van der Waals surface area contributed by atoms with Gasteiger partial charge >= 0.3 is 0 Å². The molecule has 180 valence electrons. The highest BCUT2D eigenvalue weighted by Gasteiger charge is 2.38. The first kappa shape index (κ1) is 26.8. The number of aromatic nitrogens is 1. The summed E-state index contributed by atoms with van der Waals surface area (Å²) in [5, 5.41) is 9.50. The Bertz CT molecular complexity index is 733. The van der Waals surface area contributed by atoms with Gasteiger partial charge in [0.25, 0.3) is 0 Å². The second-order valence-corrected chi connectivity index (χ2v) is 8.47. The fraction of sp³-hybridized carbons (Fsp3) is 0.696. The van der Waals surface area contributed by atoms with Gasteiger partial charge in [0.15, 0.2) is 5.96 Å². The molecule has 2 heterocycles. The number of pyridine rings is 1. The van der Waals surface area contributed by atoms with E-state index < -0.39 is 0 Å². The Morgan fingerprint density at radius 2 is 1.94 bits per heavy atom. The van der Waals surface area contributed by atoms with Crippen molar-refractivity contribution in [3.05, 3.63) is 23.9 Å². The summed E-state index contributed by atoms with van der Waals surface area (Å²) in [5.74, 6) is 1.32. The number of morpholine rings is 1. The van der Waals surface area contributed by atoms with Gasteiger partial charge in [-0.05, 0) is 38.8 Å². The first-order valence-corrected chi connectivity index (χ1v) is 11.7. The molecule has 0 aromatic carbocycles. The van der Waals surface area contributed by atoms with E-state index >= 15 is 0 Å². The van der Waals surface area contributed by atoms with E-state index in [-0.39, 0.29) is 35.4 Å². The average molecular weight is 559 g/mol. The molecule has 32 heavy (non-hydrogen) atoms. The molecular weight excluding hydrogens is 519 g/mol. The van der Waals surface area contributed by atoms with Crippen LogP contribution >= 0.6 is 24.0 Å². The van der Waals surface area contributed by atoms with Crippen LogP contribution in [0.5, 0.6) is 0 Å². The van der Waals surface area contributed by atoms with Crippen molar-refractivity contribution in [3.8, 4) is 0 Å². The summed E-state index contributed by atoms with van der Waals surface area (Å²) in [6.07, 6.45) is 6.60. The zero-order chi connectivity index (χ0) is 21.9. The lowest BCUT2D eigenvalue weighted by Crippen LogP contribution is -2.56. The summed E-state index contributed by atoms with van der Waals surface area (Å²) in [4.78, 5) is 24.1. The Morgan fingerprint density at radius 1 is 1.19 bits per heavy atom. The Morgan fingerprint density at radius 3 is 2.62 bits per heavy atom. The van der Waals surface area contributed by atoms with Crippen molar-refractivity contribution in [1.29, 1.82) is 0 Å². The molecule has 0 radical (unpaired) electrons. The number of rotatable bonds is 8. The molecule has 1 aliphatic heterocycles. The van der Waals surface area contributed by atoms with Gasteiger partial charge in [0, 0.05) is 43.8 Å². The van der Waals surface area contributed by atoms with Gasteiger partial charge in [0.05, 0.1) is 19.8 Å². The number of aliphatic imine (C=N–C) groups is 1. The zero-order valence-corrected chi connectivity index (χ0v) is 21.8. The maximum Gasteiger partial charge on any atom is 0.227 e. The predicted octanol–water partition coefficient (Wildman–Crippen LogP) is 2.93. The third-order valence-corrected chi connectivity index (χ3v) is 6.14. The molecule has 1 saturated carbocycles. The highest BCUT2D eigenvalue weighted by molar-refractivity contribution is 14.0. The number of ether oxygens (including phenoxy) is 1. The number of anilines is 1. The number of nitrogens with zero attached hydrogens (tertiary/aromatic N) is 3. The molecule has 1 aromatic heterocycles. The molecule has 2 aliphatic rings. The molecule has 1 aromatic rings. The number of guanidine groups is 1. The van der Waals surface area contributed by atoms with Crippen molar-refractivity contribution in [2.45, 2.75) is 57.9 Å². The molecule has 0 unspecified atom stereocenters. The van der Waals surface area contributed by atoms with Gasteiger partial charge in [-0.15, -0.1) is 24.0 Å². The standard InChI is InChI=1S/C23H38N6O2.HI/c1-3-24-22(25-13-10-21(30)28-20-9-7-8-19(2)27-20)26-18-23(11-5-4-6-12-23)29-14-16-31-17-15-29;/h7-9H,3-6,10-18H2,1-2H3,(H2,24,25,26)(H,27,28,30);1H. The van der Waals surface area contributed by atoms with E-state index in [0.717, 1.165) is 51.0 Å². The minimum Gasteiger partial charge on any atom is -0.379 e. The number of nitrogens with one attached hydrogen (secondary N) is 3. The van der Waals surface area contributed by atoms with Gasteiger partial charge in [-0.3, -0.25) is 14.7 Å². The molecule has 0 bridgehead atoms. The number of hydrogen-bond acceptors (Lipinski definition) is 5. The van der Waals surface area contributed by atoms with Gasteiger partial charge < -0.3 is 20.7 Å². The maximum absolute atomic E-state index is 12.3. The van der Waals surface area contributed by atoms with Gasteiger partial charge in [-0.2, -0.15) is 0 Å². The summed E-state index contributed by atoms with van der Waals surface area (Å²) >= 11 is 0. The molecule has 0 spiro atoms. The van der Waals surface area contributed by atoms with Crippen LogP contribution in [0.25, 0.3) is 0 Å². The number of halogens is 1. The lowest BCUT2D eigenvalue weighted by atomic mass is 9.80. The van der Waals surface area contributed by atoms with Crippen LogP contribution in [0.3, 0.4) is 0 Å². The lowest BCUT2D eigenvalue weighted by molar-refractivity contribution is -0.116. The second-order valence-electron chi connectivity index (χ2n) is 8.47. The minimum absolute atomic E-state index is 0. The van der Waals surface area contributed by atoms with E-state index in [9.17, 15) is 4.79 Å². The molecule has 1 amide bonds. The predicted molar refractivity (Wildman–Crippen MR) is 140 cm³/mol. The van der Waals surface area contributed by atoms with E-state index in [1.54, 1.807) is 6.07 Å². The summed E-state index contributed by atoms with van der Waals surface area (Å²) in [7, 11) is 0. The van der Waals surface area contributed by atoms with Crippen LogP contribution in [0, 0.1) is 6.92 Å². The Kier molecular flexibility index (Phi) is 11.7. The number of amides is 1. The Hall–Kier alpha value is -1.46. The third-order valence-electron chi connectivity index (χ3n) is 6.14. The van der Waals surface area contributed by atoms with E-state index in [1.807, 2.05) is 19.1 Å². The lowest BCUT2D eigenvalue weighted by Gasteiger charge is -2.47. The van der Waals surface area contributed by atoms with E-state index in [2.05, 4.69) is 32.8 Å². The van der Waals surface area contributed by atoms with Crippen molar-refractivity contribution < 1.29 is 9.53 Å². The van der Waals surface area contributed by atoms with Crippen LogP contribution in [0.15, 0.2) is 23.2 Å². The monoisotopic (exact) mass is 558 g/mol. The van der Waals surface area contributed by atoms with Gasteiger partial charge in [-0.1, -0.05) is 25.3 Å². The van der Waals surface area contributed by atoms with Gasteiger partial charge in [0.1, 0.15) is 5.82 Å². The van der Waals surface area contributed by atoms with Crippen molar-refractivity contribution in [1.82, 2.24) is 20.5 Å². The highest BCUT2D eigenvalue weighted by atomic mass is 127. The molecular formula is C23H39IN6O2. The smallest absolute Gasteiger partial charge is 0.227 e. The summed E-state index contributed by atoms with van der Waals surface area (Å²) in [6, 6.07) is 5.60. The summed E-state index contributed by atoms with van der Waals surface area (Å²) < 4.78 is 5.58. The molecule has 3 rings (SSSR count). The van der Waals surface area contributed by atoms with Crippen LogP contribution in [0.1, 0.15) is 51.1 Å². The maximum atomic E-state index is 12.3. The van der Waals surface area contributed by atoms with E-state index in [0.29, 0.717) is 18.8 Å². The minimum atomic E-state index is -0.0569. The first-order chi connectivity index (χ1) is 15.1. The van der Waals surface area contributed by atoms with Crippen LogP contribution < -0.4 is 16.0 Å². The normalized spacial score (nSPS) is 19.0. The fourth-order valence-electron chi connectivity index (χ4n) is 4.50. The quantitative estimate of drug-likeness (QED) is 0.258. The van der Waals surface area contributed by atoms with Crippen LogP contribution in [-0.4, -0.2) is 73.2 Å². The van der Waals surface area contributed by atoms with Crippen LogP contribution in [-0.2, 0) is 9.53 Å². The fourth-order valence-corrected chi connectivity index (χ4v) is 4.50. The SMILES string of the molecule is CCNC(=NCC1(N2CCOCC2)CCCCC1)NCCC(=O)Nc1cccc(C)n1.I. The summed E-state index contributed by atoms with van der Waals surface area (Å²) in [5.41, 5.74) is 1.02. The Balaban J connectivity index is 0.00000363. The highest BCUT2D eigenvalue weighted by Crippen LogP contribution is 2.34. The topological polar surface area (TPSA) is 90.9 Å². The van der Waals surface area contributed by atoms with Crippen molar-refractivity contribution in [3.63, 3.8) is 0 Å². The summed E-state index contributed by atoms with van der Waals surface area (Å²) in [6.45, 7) is 9.67. The van der Waals surface area contributed by atoms with Crippen LogP contribution in [0.4, 0.5) is 5.82 Å². The van der Waals surface area contributed by atoms with E-state index in [1.165, 1.54) is 32.1 Å². The molecule has 9 heteroatoms.